The molecule has 0 amide bonds. The minimum atomic E-state index is -1.93. The summed E-state index contributed by atoms with van der Waals surface area (Å²) in [6.45, 7) is 5.75. The van der Waals surface area contributed by atoms with E-state index >= 15 is 0 Å². The van der Waals surface area contributed by atoms with Crippen molar-refractivity contribution < 1.29 is 58.2 Å². The highest BCUT2D eigenvalue weighted by atomic mass is 16.7. The van der Waals surface area contributed by atoms with Crippen LogP contribution in [0.15, 0.2) is 109 Å². The van der Waals surface area contributed by atoms with Gasteiger partial charge in [-0.1, -0.05) is 220 Å². The van der Waals surface area contributed by atoms with Gasteiger partial charge in [-0.05, 0) is 109 Å². The summed E-state index contributed by atoms with van der Waals surface area (Å²) in [6.07, 6.45) is 60.8. The zero-order valence-electron chi connectivity index (χ0n) is 49.3. The van der Waals surface area contributed by atoms with Gasteiger partial charge < -0.3 is 39.0 Å². The Labute approximate surface area is 478 Å². The molecule has 0 spiro atoms. The zero-order valence-corrected chi connectivity index (χ0v) is 49.3. The Balaban J connectivity index is 2.74. The van der Waals surface area contributed by atoms with E-state index in [0.717, 1.165) is 116 Å². The normalized spacial score (nSPS) is 18.6. The van der Waals surface area contributed by atoms with E-state index in [9.17, 15) is 34.5 Å². The Hall–Kier alpha value is -4.62. The molecule has 12 heteroatoms. The standard InChI is InChI=1S/C67H108O12/c1-4-7-10-13-16-19-22-25-28-29-30-31-34-35-38-41-44-47-50-53-59(68)75-56-58(77-60(69)54-51-48-45-42-39-36-32-26-23-20-17-14-11-8-5-2)57-76-67-65(63(72)62(71)64(79-67)66(73)74)78-61(70)55-52-49-46-43-40-37-33-27-24-21-18-15-12-9-6-3/h8,11,16-17,19-20,25-28,30-33,39,42,48,51,58,62-65,67,71-72H,4-7,9-10,12-15,18,21-24,29,34-38,40-41,43-47,49-50,52-57H2,1-3H3,(H,73,74)/b11-8-,19-16-,20-17-,28-25-,31-30-,32-26-,33-27-,42-39-,51-48-. The van der Waals surface area contributed by atoms with Crippen LogP contribution in [0.3, 0.4) is 0 Å². The quantitative estimate of drug-likeness (QED) is 0.0228. The summed E-state index contributed by atoms with van der Waals surface area (Å²) in [5.74, 6) is -3.32. The summed E-state index contributed by atoms with van der Waals surface area (Å²) in [5.41, 5.74) is 0. The number of aliphatic carboxylic acids is 1. The minimum absolute atomic E-state index is 0.0341. The van der Waals surface area contributed by atoms with Gasteiger partial charge in [-0.15, -0.1) is 0 Å². The molecule has 1 saturated heterocycles. The van der Waals surface area contributed by atoms with Crippen LogP contribution in [0, 0.1) is 0 Å². The van der Waals surface area contributed by atoms with Gasteiger partial charge in [-0.2, -0.15) is 0 Å². The van der Waals surface area contributed by atoms with Crippen LogP contribution in [0.2, 0.25) is 0 Å². The maximum Gasteiger partial charge on any atom is 0.335 e. The molecular weight excluding hydrogens is 997 g/mol. The fraction of sp³-hybridized carbons (Fsp3) is 0.672. The smallest absolute Gasteiger partial charge is 0.335 e. The summed E-state index contributed by atoms with van der Waals surface area (Å²) in [7, 11) is 0. The van der Waals surface area contributed by atoms with E-state index in [1.807, 2.05) is 18.2 Å². The van der Waals surface area contributed by atoms with E-state index in [4.69, 9.17) is 23.7 Å². The van der Waals surface area contributed by atoms with E-state index in [1.54, 1.807) is 6.08 Å². The second kappa shape index (κ2) is 54.0. The molecule has 1 aliphatic heterocycles. The van der Waals surface area contributed by atoms with Crippen molar-refractivity contribution in [1.29, 1.82) is 0 Å². The number of aliphatic hydroxyl groups excluding tert-OH is 2. The molecule has 79 heavy (non-hydrogen) atoms. The third kappa shape index (κ3) is 43.8. The Morgan fingerprint density at radius 3 is 1.32 bits per heavy atom. The van der Waals surface area contributed by atoms with Crippen molar-refractivity contribution in [2.75, 3.05) is 13.2 Å². The number of allylic oxidation sites excluding steroid dienone is 17. The number of carboxylic acid groups (broad SMARTS) is 1. The first-order chi connectivity index (χ1) is 38.6. The average Bonchev–Trinajstić information content (AvgIpc) is 3.46. The fourth-order valence-corrected chi connectivity index (χ4v) is 8.62. The van der Waals surface area contributed by atoms with Gasteiger partial charge in [0.2, 0.25) is 0 Å². The molecule has 0 aromatic heterocycles. The van der Waals surface area contributed by atoms with Crippen LogP contribution in [-0.4, -0.2) is 89.2 Å². The lowest BCUT2D eigenvalue weighted by atomic mass is 9.98. The molecule has 3 N–H and O–H groups in total. The third-order valence-corrected chi connectivity index (χ3v) is 13.3. The number of hydrogen-bond donors (Lipinski definition) is 3. The number of aliphatic hydroxyl groups is 2. The Kier molecular flexibility index (Phi) is 49.5. The molecule has 6 unspecified atom stereocenters. The van der Waals surface area contributed by atoms with Crippen molar-refractivity contribution in [3.8, 4) is 0 Å². The van der Waals surface area contributed by atoms with Gasteiger partial charge in [0.1, 0.15) is 18.8 Å². The molecule has 0 radical (unpaired) electrons. The van der Waals surface area contributed by atoms with Gasteiger partial charge in [0.05, 0.1) is 13.0 Å². The van der Waals surface area contributed by atoms with Crippen LogP contribution >= 0.6 is 0 Å². The van der Waals surface area contributed by atoms with Crippen LogP contribution < -0.4 is 0 Å². The third-order valence-electron chi connectivity index (χ3n) is 13.3. The summed E-state index contributed by atoms with van der Waals surface area (Å²) in [6, 6.07) is 0. The van der Waals surface area contributed by atoms with Crippen LogP contribution in [0.25, 0.3) is 0 Å². The van der Waals surface area contributed by atoms with Crippen LogP contribution in [0.4, 0.5) is 0 Å². The molecule has 1 heterocycles. The largest absolute Gasteiger partial charge is 0.479 e. The lowest BCUT2D eigenvalue weighted by Gasteiger charge is -2.40. The van der Waals surface area contributed by atoms with E-state index < -0.39 is 67.3 Å². The van der Waals surface area contributed by atoms with E-state index in [-0.39, 0.29) is 25.9 Å². The number of rotatable bonds is 51. The molecule has 0 aromatic rings. The zero-order chi connectivity index (χ0) is 57.5. The highest BCUT2D eigenvalue weighted by molar-refractivity contribution is 5.74. The minimum Gasteiger partial charge on any atom is -0.479 e. The number of carboxylic acids is 1. The van der Waals surface area contributed by atoms with Crippen molar-refractivity contribution in [1.82, 2.24) is 0 Å². The van der Waals surface area contributed by atoms with Crippen LogP contribution in [-0.2, 0) is 42.9 Å². The molecule has 6 atom stereocenters. The van der Waals surface area contributed by atoms with Gasteiger partial charge in [0.15, 0.2) is 24.6 Å². The monoisotopic (exact) mass is 1100 g/mol. The van der Waals surface area contributed by atoms with Gasteiger partial charge in [-0.3, -0.25) is 14.4 Å². The first kappa shape index (κ1) is 72.4. The number of esters is 3. The van der Waals surface area contributed by atoms with Crippen molar-refractivity contribution in [3.05, 3.63) is 109 Å². The first-order valence-corrected chi connectivity index (χ1v) is 30.9. The van der Waals surface area contributed by atoms with Gasteiger partial charge in [0, 0.05) is 12.8 Å². The summed E-state index contributed by atoms with van der Waals surface area (Å²) < 4.78 is 28.3. The van der Waals surface area contributed by atoms with Crippen LogP contribution in [0.1, 0.15) is 239 Å². The van der Waals surface area contributed by atoms with Gasteiger partial charge in [-0.25, -0.2) is 4.79 Å². The Morgan fingerprint density at radius 1 is 0.443 bits per heavy atom. The van der Waals surface area contributed by atoms with E-state index in [1.165, 1.54) is 64.2 Å². The summed E-state index contributed by atoms with van der Waals surface area (Å²) in [4.78, 5) is 51.1. The second-order valence-corrected chi connectivity index (χ2v) is 20.6. The second-order valence-electron chi connectivity index (χ2n) is 20.6. The molecular formula is C67H108O12. The fourth-order valence-electron chi connectivity index (χ4n) is 8.62. The summed E-state index contributed by atoms with van der Waals surface area (Å²) >= 11 is 0. The molecule has 1 fully saturated rings. The Bertz CT molecular complexity index is 1790. The van der Waals surface area contributed by atoms with Crippen molar-refractivity contribution in [2.45, 2.75) is 276 Å². The molecule has 0 aliphatic carbocycles. The number of carbonyl (C=O) groups excluding carboxylic acids is 3. The van der Waals surface area contributed by atoms with Crippen molar-refractivity contribution in [2.24, 2.45) is 0 Å². The predicted molar refractivity (Wildman–Crippen MR) is 321 cm³/mol. The maximum atomic E-state index is 13.1. The molecule has 12 nitrogen and oxygen atoms in total. The van der Waals surface area contributed by atoms with Crippen molar-refractivity contribution >= 4 is 23.9 Å². The number of ether oxygens (including phenoxy) is 5. The number of hydrogen-bond acceptors (Lipinski definition) is 11. The molecule has 1 aliphatic rings. The van der Waals surface area contributed by atoms with Crippen molar-refractivity contribution in [3.63, 3.8) is 0 Å². The summed E-state index contributed by atoms with van der Waals surface area (Å²) in [5, 5.41) is 31.5. The SMILES string of the molecule is CC/C=C\C/C=C\C/C=C\C/C=C\C/C=C\CC(=O)OC(COC(=O)CCCCCCCC/C=C\C/C=C\C/C=C\CCCCC)COC1OC(C(=O)O)C(O)C(O)C1OC(=O)CCCCCCC/C=C\CCCCCCCC. The average molecular weight is 1110 g/mol. The lowest BCUT2D eigenvalue weighted by Crippen LogP contribution is -2.61. The predicted octanol–water partition coefficient (Wildman–Crippen LogP) is 16.2. The molecule has 1 rings (SSSR count). The highest BCUT2D eigenvalue weighted by Gasteiger charge is 2.50. The topological polar surface area (TPSA) is 175 Å². The maximum absolute atomic E-state index is 13.1. The lowest BCUT2D eigenvalue weighted by molar-refractivity contribution is -0.301. The van der Waals surface area contributed by atoms with Crippen LogP contribution in [0.5, 0.6) is 0 Å². The van der Waals surface area contributed by atoms with E-state index in [0.29, 0.717) is 19.3 Å². The Morgan fingerprint density at radius 2 is 0.835 bits per heavy atom. The molecule has 448 valence electrons. The first-order valence-electron chi connectivity index (χ1n) is 30.9. The molecule has 0 saturated carbocycles. The van der Waals surface area contributed by atoms with Gasteiger partial charge in [0.25, 0.3) is 0 Å². The van der Waals surface area contributed by atoms with E-state index in [2.05, 4.69) is 106 Å². The number of carbonyl (C=O) groups is 4. The van der Waals surface area contributed by atoms with Gasteiger partial charge >= 0.3 is 23.9 Å². The molecule has 0 bridgehead atoms. The number of unbranched alkanes of at least 4 members (excludes halogenated alkanes) is 20. The molecule has 0 aromatic carbocycles. The highest BCUT2D eigenvalue weighted by Crippen LogP contribution is 2.26.